The zero-order chi connectivity index (χ0) is 15.5. The second-order valence-corrected chi connectivity index (χ2v) is 5.36. The molecule has 2 N–H and O–H groups in total. The number of urea groups is 1. The van der Waals surface area contributed by atoms with Crippen molar-refractivity contribution in [3.05, 3.63) is 24.3 Å². The van der Waals surface area contributed by atoms with E-state index in [4.69, 9.17) is 4.74 Å². The Morgan fingerprint density at radius 2 is 2.14 bits per heavy atom. The molecule has 1 saturated carbocycles. The molecular formula is C15H20N2O4. The van der Waals surface area contributed by atoms with Crippen LogP contribution in [-0.2, 0) is 4.79 Å². The maximum absolute atomic E-state index is 12.1. The summed E-state index contributed by atoms with van der Waals surface area (Å²) >= 11 is 0. The Balaban J connectivity index is 1.98. The summed E-state index contributed by atoms with van der Waals surface area (Å²) in [5, 5.41) is 11.9. The van der Waals surface area contributed by atoms with E-state index in [1.165, 1.54) is 4.90 Å². The average Bonchev–Trinajstić information content (AvgIpc) is 2.44. The van der Waals surface area contributed by atoms with Gasteiger partial charge in [0.25, 0.3) is 0 Å². The molecule has 1 aromatic carbocycles. The normalized spacial score (nSPS) is 15.7. The number of carbonyl (C=O) groups is 2. The number of benzene rings is 1. The average molecular weight is 292 g/mol. The SMILES string of the molecule is COc1cccc(N(C)C(=O)NCC2(C(=O)O)CCC2)c1. The minimum Gasteiger partial charge on any atom is -0.497 e. The number of anilines is 1. The number of ether oxygens (including phenoxy) is 1. The van der Waals surface area contributed by atoms with E-state index in [1.54, 1.807) is 38.4 Å². The van der Waals surface area contributed by atoms with Crippen LogP contribution in [0.25, 0.3) is 0 Å². The third-order valence-corrected chi connectivity index (χ3v) is 4.09. The minimum atomic E-state index is -0.835. The first-order valence-electron chi connectivity index (χ1n) is 6.87. The van der Waals surface area contributed by atoms with Crippen molar-refractivity contribution in [1.82, 2.24) is 5.32 Å². The van der Waals surface area contributed by atoms with Crippen molar-refractivity contribution in [2.75, 3.05) is 25.6 Å². The van der Waals surface area contributed by atoms with Crippen LogP contribution in [0.5, 0.6) is 5.75 Å². The topological polar surface area (TPSA) is 78.9 Å². The molecule has 1 aromatic rings. The van der Waals surface area contributed by atoms with Gasteiger partial charge >= 0.3 is 12.0 Å². The molecule has 1 aliphatic carbocycles. The molecule has 2 amide bonds. The van der Waals surface area contributed by atoms with Gasteiger partial charge in [0.15, 0.2) is 0 Å². The van der Waals surface area contributed by atoms with Crippen LogP contribution in [0.3, 0.4) is 0 Å². The number of carbonyl (C=O) groups excluding carboxylic acids is 1. The van der Waals surface area contributed by atoms with Crippen LogP contribution in [0.15, 0.2) is 24.3 Å². The predicted octanol–water partition coefficient (Wildman–Crippen LogP) is 2.10. The van der Waals surface area contributed by atoms with Gasteiger partial charge in [0.1, 0.15) is 5.75 Å². The first kappa shape index (κ1) is 15.2. The highest BCUT2D eigenvalue weighted by atomic mass is 16.5. The molecule has 1 fully saturated rings. The Hall–Kier alpha value is -2.24. The van der Waals surface area contributed by atoms with Crippen molar-refractivity contribution in [2.45, 2.75) is 19.3 Å². The smallest absolute Gasteiger partial charge is 0.321 e. The van der Waals surface area contributed by atoms with E-state index in [0.717, 1.165) is 6.42 Å². The maximum atomic E-state index is 12.1. The Morgan fingerprint density at radius 1 is 1.43 bits per heavy atom. The summed E-state index contributed by atoms with van der Waals surface area (Å²) in [7, 11) is 3.20. The summed E-state index contributed by atoms with van der Waals surface area (Å²) in [6.45, 7) is 0.162. The fraction of sp³-hybridized carbons (Fsp3) is 0.467. The second-order valence-electron chi connectivity index (χ2n) is 5.36. The van der Waals surface area contributed by atoms with Crippen LogP contribution in [0, 0.1) is 5.41 Å². The van der Waals surface area contributed by atoms with Gasteiger partial charge in [-0.15, -0.1) is 0 Å². The molecule has 0 spiro atoms. The van der Waals surface area contributed by atoms with E-state index in [-0.39, 0.29) is 12.6 Å². The molecule has 21 heavy (non-hydrogen) atoms. The highest BCUT2D eigenvalue weighted by molar-refractivity contribution is 5.92. The number of nitrogens with zero attached hydrogens (tertiary/aromatic N) is 1. The highest BCUT2D eigenvalue weighted by Gasteiger charge is 2.44. The molecule has 6 nitrogen and oxygen atoms in total. The van der Waals surface area contributed by atoms with Crippen molar-refractivity contribution >= 4 is 17.7 Å². The largest absolute Gasteiger partial charge is 0.497 e. The van der Waals surface area contributed by atoms with Gasteiger partial charge < -0.3 is 15.2 Å². The van der Waals surface area contributed by atoms with Crippen LogP contribution < -0.4 is 15.0 Å². The summed E-state index contributed by atoms with van der Waals surface area (Å²) in [4.78, 5) is 24.8. The highest BCUT2D eigenvalue weighted by Crippen LogP contribution is 2.40. The van der Waals surface area contributed by atoms with E-state index in [9.17, 15) is 14.7 Å². The van der Waals surface area contributed by atoms with Crippen molar-refractivity contribution in [1.29, 1.82) is 0 Å². The van der Waals surface area contributed by atoms with Gasteiger partial charge in [-0.3, -0.25) is 9.69 Å². The molecule has 114 valence electrons. The van der Waals surface area contributed by atoms with Crippen LogP contribution in [0.4, 0.5) is 10.5 Å². The number of amides is 2. The van der Waals surface area contributed by atoms with Crippen molar-refractivity contribution in [2.24, 2.45) is 5.41 Å². The molecule has 0 aliphatic heterocycles. The van der Waals surface area contributed by atoms with Gasteiger partial charge in [0.05, 0.1) is 12.5 Å². The van der Waals surface area contributed by atoms with Gasteiger partial charge in [0.2, 0.25) is 0 Å². The Kier molecular flexibility index (Phi) is 4.35. The maximum Gasteiger partial charge on any atom is 0.321 e. The summed E-state index contributed by atoms with van der Waals surface area (Å²) in [6.07, 6.45) is 2.13. The predicted molar refractivity (Wildman–Crippen MR) is 78.7 cm³/mol. The summed E-state index contributed by atoms with van der Waals surface area (Å²) in [6, 6.07) is 6.80. The van der Waals surface area contributed by atoms with Gasteiger partial charge in [-0.25, -0.2) is 4.79 Å². The monoisotopic (exact) mass is 292 g/mol. The lowest BCUT2D eigenvalue weighted by Gasteiger charge is -2.37. The van der Waals surface area contributed by atoms with Gasteiger partial charge in [-0.1, -0.05) is 12.5 Å². The lowest BCUT2D eigenvalue weighted by atomic mass is 9.69. The molecule has 0 bridgehead atoms. The number of rotatable bonds is 5. The van der Waals surface area contributed by atoms with Crippen molar-refractivity contribution < 1.29 is 19.4 Å². The zero-order valence-electron chi connectivity index (χ0n) is 12.3. The van der Waals surface area contributed by atoms with Crippen LogP contribution in [-0.4, -0.2) is 37.8 Å². The van der Waals surface area contributed by atoms with E-state index in [1.807, 2.05) is 0 Å². The number of nitrogens with one attached hydrogen (secondary N) is 1. The number of carboxylic acids is 1. The second kappa shape index (κ2) is 6.03. The Labute approximate surface area is 123 Å². The van der Waals surface area contributed by atoms with Gasteiger partial charge in [-0.05, 0) is 25.0 Å². The summed E-state index contributed by atoms with van der Waals surface area (Å²) in [5.74, 6) is -0.175. The number of carboxylic acid groups (broad SMARTS) is 1. The molecule has 0 saturated heterocycles. The third kappa shape index (κ3) is 3.09. The lowest BCUT2D eigenvalue weighted by molar-refractivity contribution is -0.153. The quantitative estimate of drug-likeness (QED) is 0.871. The molecule has 0 unspecified atom stereocenters. The number of methoxy groups -OCH3 is 1. The van der Waals surface area contributed by atoms with Crippen molar-refractivity contribution in [3.8, 4) is 5.75 Å². The van der Waals surface area contributed by atoms with Crippen LogP contribution in [0.2, 0.25) is 0 Å². The van der Waals surface area contributed by atoms with Crippen LogP contribution >= 0.6 is 0 Å². The fourth-order valence-electron chi connectivity index (χ4n) is 2.37. The molecule has 1 aliphatic rings. The first-order chi connectivity index (χ1) is 9.98. The number of hydrogen-bond acceptors (Lipinski definition) is 3. The summed E-state index contributed by atoms with van der Waals surface area (Å²) in [5.41, 5.74) is -0.102. The van der Waals surface area contributed by atoms with E-state index in [2.05, 4.69) is 5.32 Å². The zero-order valence-corrected chi connectivity index (χ0v) is 12.3. The van der Waals surface area contributed by atoms with E-state index >= 15 is 0 Å². The lowest BCUT2D eigenvalue weighted by Crippen LogP contribution is -2.50. The van der Waals surface area contributed by atoms with Crippen molar-refractivity contribution in [3.63, 3.8) is 0 Å². The molecule has 6 heteroatoms. The molecule has 0 radical (unpaired) electrons. The number of hydrogen-bond donors (Lipinski definition) is 2. The Bertz CT molecular complexity index is 540. The van der Waals surface area contributed by atoms with Gasteiger partial charge in [0, 0.05) is 25.3 Å². The first-order valence-corrected chi connectivity index (χ1v) is 6.87. The van der Waals surface area contributed by atoms with E-state index in [0.29, 0.717) is 24.3 Å². The molecule has 0 atom stereocenters. The minimum absolute atomic E-state index is 0.162. The van der Waals surface area contributed by atoms with Gasteiger partial charge in [-0.2, -0.15) is 0 Å². The standard InChI is InChI=1S/C15H20N2O4/c1-17(11-5-3-6-12(9-11)21-2)14(20)16-10-15(13(18)19)7-4-8-15/h3,5-6,9H,4,7-8,10H2,1-2H3,(H,16,20)(H,18,19). The Morgan fingerprint density at radius 3 is 2.67 bits per heavy atom. The molecular weight excluding hydrogens is 272 g/mol. The molecule has 0 heterocycles. The molecule has 0 aromatic heterocycles. The third-order valence-electron chi connectivity index (χ3n) is 4.09. The van der Waals surface area contributed by atoms with E-state index < -0.39 is 11.4 Å². The van der Waals surface area contributed by atoms with Crippen LogP contribution in [0.1, 0.15) is 19.3 Å². The molecule has 2 rings (SSSR count). The fourth-order valence-corrected chi connectivity index (χ4v) is 2.37. The number of aliphatic carboxylic acids is 1. The summed E-state index contributed by atoms with van der Waals surface area (Å²) < 4.78 is 5.12.